The van der Waals surface area contributed by atoms with Gasteiger partial charge in [-0.2, -0.15) is 0 Å². The van der Waals surface area contributed by atoms with E-state index >= 15 is 0 Å². The Morgan fingerprint density at radius 1 is 0.529 bits per heavy atom. The molecule has 8 aromatic rings. The number of rotatable bonds is 0. The second kappa shape index (κ2) is 11.6. The van der Waals surface area contributed by atoms with Crippen LogP contribution in [-0.4, -0.2) is 22.6 Å². The smallest absolute Gasteiger partial charge is 0.130 e. The van der Waals surface area contributed by atoms with Gasteiger partial charge in [-0.1, -0.05) is 104 Å². The predicted octanol–water partition coefficient (Wildman–Crippen LogP) is 9.72. The lowest BCUT2D eigenvalue weighted by atomic mass is 10.0. The first-order valence-electron chi connectivity index (χ1n) is 18.0. The van der Waals surface area contributed by atoms with Gasteiger partial charge in [0, 0.05) is 40.0 Å². The zero-order valence-corrected chi connectivity index (χ0v) is 29.9. The molecule has 5 aromatic carbocycles. The van der Waals surface area contributed by atoms with Crippen molar-refractivity contribution in [3.63, 3.8) is 0 Å². The van der Waals surface area contributed by atoms with Gasteiger partial charge in [0.15, 0.2) is 0 Å². The number of pyridine rings is 2. The maximum Gasteiger partial charge on any atom is 0.130 e. The quantitative estimate of drug-likeness (QED) is 0.150. The van der Waals surface area contributed by atoms with Crippen LogP contribution < -0.4 is 15.1 Å². The Labute approximate surface area is 299 Å². The normalized spacial score (nSPS) is 14.5. The maximum absolute atomic E-state index is 6.97. The molecule has 0 amide bonds. The van der Waals surface area contributed by atoms with Crippen LogP contribution in [-0.2, 0) is 25.7 Å². The molecule has 51 heavy (non-hydrogen) atoms. The van der Waals surface area contributed by atoms with Gasteiger partial charge >= 0.3 is 0 Å². The molecule has 8 heterocycles. The Morgan fingerprint density at radius 3 is 1.78 bits per heavy atom. The summed E-state index contributed by atoms with van der Waals surface area (Å²) in [6.07, 6.45) is 7.70. The lowest BCUT2D eigenvalue weighted by molar-refractivity contribution is 0.473. The van der Waals surface area contributed by atoms with E-state index in [-0.39, 0.29) is 0 Å². The monoisotopic (exact) mass is 675 g/mol. The molecular weight excluding hydrogens is 639 g/mol. The van der Waals surface area contributed by atoms with Gasteiger partial charge in [-0.3, -0.25) is 9.97 Å². The Morgan fingerprint density at radius 2 is 1.14 bits per heavy atom. The van der Waals surface area contributed by atoms with Gasteiger partial charge in [-0.05, 0) is 94.7 Å². The summed E-state index contributed by atoms with van der Waals surface area (Å²) in [6, 6.07) is 46.5. The van der Waals surface area contributed by atoms with Crippen LogP contribution in [0.2, 0.25) is 13.1 Å². The number of hydrogen-bond donors (Lipinski definition) is 0. The van der Waals surface area contributed by atoms with E-state index in [2.05, 4.69) is 151 Å². The van der Waals surface area contributed by atoms with Crippen LogP contribution in [0.3, 0.4) is 0 Å². The number of hydrogen-bond acceptors (Lipinski definition) is 3. The third-order valence-corrected chi connectivity index (χ3v) is 14.6. The van der Waals surface area contributed by atoms with Crippen molar-refractivity contribution in [3.8, 4) is 39.7 Å². The fraction of sp³-hybridized carbons (Fsp3) is 0.130. The van der Waals surface area contributed by atoms with Crippen molar-refractivity contribution in [2.24, 2.45) is 0 Å². The zero-order chi connectivity index (χ0) is 34.1. The van der Waals surface area contributed by atoms with Gasteiger partial charge in [-0.15, -0.1) is 0 Å². The minimum absolute atomic E-state index is 0.898. The Hall–Kier alpha value is -5.78. The van der Waals surface area contributed by atoms with Gasteiger partial charge < -0.3 is 9.30 Å². The summed E-state index contributed by atoms with van der Waals surface area (Å²) >= 11 is 0. The van der Waals surface area contributed by atoms with E-state index < -0.39 is 8.07 Å². The fourth-order valence-corrected chi connectivity index (χ4v) is 11.2. The van der Waals surface area contributed by atoms with Crippen molar-refractivity contribution in [2.45, 2.75) is 38.8 Å². The summed E-state index contributed by atoms with van der Waals surface area (Å²) in [5.41, 5.74) is 12.6. The molecule has 5 aliphatic rings. The second-order valence-corrected chi connectivity index (χ2v) is 18.9. The standard InChI is InChI=1S/C46H37N3OSi/c1-51(2)43-14-6-8-32-20-16-30-18-24-39(47-28-30)34-10-5-11-36(26-34)49-41-13-4-3-12-37(41)38-23-22-35(27-42(38)49)40-25-19-31(29-48-40)17-21-33-9-7-15-44(51)46(33)50-45(32)43/h3-15,18-19,22-29H,16-17,20-21H2,1-2H3. The number of benzene rings is 5. The van der Waals surface area contributed by atoms with E-state index in [9.17, 15) is 0 Å². The topological polar surface area (TPSA) is 39.9 Å². The van der Waals surface area contributed by atoms with Crippen LogP contribution in [0.1, 0.15) is 22.3 Å². The highest BCUT2D eigenvalue weighted by Crippen LogP contribution is 2.37. The second-order valence-electron chi connectivity index (χ2n) is 14.6. The van der Waals surface area contributed by atoms with Gasteiger partial charge in [0.25, 0.3) is 0 Å². The van der Waals surface area contributed by atoms with E-state index in [1.165, 1.54) is 54.4 Å². The highest BCUT2D eigenvalue weighted by Gasteiger charge is 2.38. The molecule has 0 saturated heterocycles. The number of ether oxygens (including phenoxy) is 1. The third-order valence-electron chi connectivity index (χ3n) is 11.1. The summed E-state index contributed by atoms with van der Waals surface area (Å²) in [4.78, 5) is 9.99. The van der Waals surface area contributed by atoms with Crippen molar-refractivity contribution in [1.82, 2.24) is 14.5 Å². The fourth-order valence-electron chi connectivity index (χ4n) is 8.29. The lowest BCUT2D eigenvalue weighted by Gasteiger charge is -2.35. The van der Waals surface area contributed by atoms with E-state index in [1.54, 1.807) is 0 Å². The molecule has 10 bridgehead atoms. The first-order chi connectivity index (χ1) is 25.0. The molecule has 0 atom stereocenters. The highest BCUT2D eigenvalue weighted by atomic mass is 28.3. The summed E-state index contributed by atoms with van der Waals surface area (Å²) in [7, 11) is -1.98. The van der Waals surface area contributed by atoms with Crippen LogP contribution in [0, 0.1) is 0 Å². The highest BCUT2D eigenvalue weighted by molar-refractivity contribution is 7.01. The molecule has 0 aliphatic carbocycles. The van der Waals surface area contributed by atoms with Crippen molar-refractivity contribution in [2.75, 3.05) is 0 Å². The number of para-hydroxylation sites is 3. The molecule has 13 rings (SSSR count). The minimum Gasteiger partial charge on any atom is -0.457 e. The van der Waals surface area contributed by atoms with Crippen LogP contribution >= 0.6 is 0 Å². The predicted molar refractivity (Wildman–Crippen MR) is 212 cm³/mol. The van der Waals surface area contributed by atoms with Gasteiger partial charge in [0.1, 0.15) is 19.6 Å². The minimum atomic E-state index is -1.98. The lowest BCUT2D eigenvalue weighted by Crippen LogP contribution is -2.56. The first kappa shape index (κ1) is 30.1. The van der Waals surface area contributed by atoms with Crippen LogP contribution in [0.25, 0.3) is 50.0 Å². The van der Waals surface area contributed by atoms with E-state index in [4.69, 9.17) is 14.7 Å². The molecule has 0 spiro atoms. The molecule has 5 heteroatoms. The van der Waals surface area contributed by atoms with Gasteiger partial charge in [0.05, 0.1) is 22.4 Å². The Balaban J connectivity index is 1.13. The third kappa shape index (κ3) is 4.95. The van der Waals surface area contributed by atoms with Crippen molar-refractivity contribution in [1.29, 1.82) is 0 Å². The average Bonchev–Trinajstić information content (AvgIpc) is 3.50. The molecule has 4 nitrogen and oxygen atoms in total. The number of fused-ring (bicyclic) bond motifs is 2. The number of nitrogens with zero attached hydrogens (tertiary/aromatic N) is 3. The molecule has 0 N–H and O–H groups in total. The SMILES string of the molecule is C[Si]1(C)c2cccc3c2Oc2c(cccc21)CCc1ccc(nc1)-c1ccc2c4ccccc4n(c2c1)-c1cccc(c1)-c1ccc(cn1)CC3. The summed E-state index contributed by atoms with van der Waals surface area (Å²) in [5, 5.41) is 5.24. The molecular formula is C46H37N3OSi. The van der Waals surface area contributed by atoms with Crippen LogP contribution in [0.5, 0.6) is 11.5 Å². The average molecular weight is 676 g/mol. The molecule has 0 radical (unpaired) electrons. The summed E-state index contributed by atoms with van der Waals surface area (Å²) in [5.74, 6) is 2.15. The molecule has 0 unspecified atom stereocenters. The van der Waals surface area contributed by atoms with Crippen molar-refractivity contribution in [3.05, 3.63) is 162 Å². The van der Waals surface area contributed by atoms with Crippen molar-refractivity contribution >= 4 is 40.3 Å². The molecule has 246 valence electrons. The Kier molecular flexibility index (Phi) is 6.87. The number of aromatic nitrogens is 3. The van der Waals surface area contributed by atoms with E-state index in [0.29, 0.717) is 0 Å². The van der Waals surface area contributed by atoms with Crippen LogP contribution in [0.15, 0.2) is 140 Å². The van der Waals surface area contributed by atoms with Gasteiger partial charge in [0.2, 0.25) is 0 Å². The molecule has 0 saturated carbocycles. The molecule has 5 aliphatic heterocycles. The molecule has 0 fully saturated rings. The maximum atomic E-state index is 6.97. The summed E-state index contributed by atoms with van der Waals surface area (Å²) in [6.45, 7) is 4.93. The first-order valence-corrected chi connectivity index (χ1v) is 21.0. The van der Waals surface area contributed by atoms with Gasteiger partial charge in [-0.25, -0.2) is 0 Å². The van der Waals surface area contributed by atoms with Crippen LogP contribution in [0.4, 0.5) is 0 Å². The Bertz CT molecular complexity index is 2640. The van der Waals surface area contributed by atoms with Crippen molar-refractivity contribution < 1.29 is 4.74 Å². The summed E-state index contributed by atoms with van der Waals surface area (Å²) < 4.78 is 9.35. The van der Waals surface area contributed by atoms with E-state index in [1.807, 2.05) is 6.20 Å². The number of aryl methyl sites for hydroxylation is 4. The largest absolute Gasteiger partial charge is 0.457 e. The molecule has 3 aromatic heterocycles. The van der Waals surface area contributed by atoms with E-state index in [0.717, 1.165) is 65.4 Å². The zero-order valence-electron chi connectivity index (χ0n) is 28.9.